The largest absolute Gasteiger partial charge is 0.497 e. The van der Waals surface area contributed by atoms with E-state index in [9.17, 15) is 0 Å². The SMILES string of the molecule is COc1ccc(CN(C)C)c(-c2ccc(C3=NOC(CN)C3)cc2)c1. The number of nitrogens with two attached hydrogens (primary N) is 1. The Labute approximate surface area is 149 Å². The smallest absolute Gasteiger partial charge is 0.145 e. The van der Waals surface area contributed by atoms with Crippen LogP contribution in [0.15, 0.2) is 47.6 Å². The lowest BCUT2D eigenvalue weighted by molar-refractivity contribution is 0.0918. The maximum absolute atomic E-state index is 5.64. The van der Waals surface area contributed by atoms with Gasteiger partial charge in [0.15, 0.2) is 0 Å². The van der Waals surface area contributed by atoms with Crippen molar-refractivity contribution in [3.05, 3.63) is 53.6 Å². The van der Waals surface area contributed by atoms with Crippen LogP contribution >= 0.6 is 0 Å². The van der Waals surface area contributed by atoms with Crippen molar-refractivity contribution in [3.8, 4) is 16.9 Å². The topological polar surface area (TPSA) is 60.1 Å². The van der Waals surface area contributed by atoms with Crippen molar-refractivity contribution in [1.29, 1.82) is 0 Å². The molecule has 1 aliphatic rings. The van der Waals surface area contributed by atoms with Crippen LogP contribution in [0.4, 0.5) is 0 Å². The van der Waals surface area contributed by atoms with Crippen LogP contribution in [0.25, 0.3) is 11.1 Å². The van der Waals surface area contributed by atoms with E-state index in [1.807, 2.05) is 6.07 Å². The molecule has 0 amide bonds. The Morgan fingerprint density at radius 3 is 2.48 bits per heavy atom. The van der Waals surface area contributed by atoms with Crippen LogP contribution < -0.4 is 10.5 Å². The zero-order valence-electron chi connectivity index (χ0n) is 15.0. The minimum Gasteiger partial charge on any atom is -0.497 e. The maximum Gasteiger partial charge on any atom is 0.145 e. The van der Waals surface area contributed by atoms with Crippen LogP contribution in [-0.4, -0.2) is 44.5 Å². The highest BCUT2D eigenvalue weighted by atomic mass is 16.6. The van der Waals surface area contributed by atoms with Gasteiger partial charge in [-0.1, -0.05) is 35.5 Å². The second-order valence-electron chi connectivity index (χ2n) is 6.54. The zero-order valence-corrected chi connectivity index (χ0v) is 15.0. The minimum absolute atomic E-state index is 0.000227. The summed E-state index contributed by atoms with van der Waals surface area (Å²) in [6.07, 6.45) is 0.765. The zero-order chi connectivity index (χ0) is 17.8. The average Bonchev–Trinajstić information content (AvgIpc) is 3.11. The predicted molar refractivity (Wildman–Crippen MR) is 101 cm³/mol. The van der Waals surface area contributed by atoms with Gasteiger partial charge in [0.1, 0.15) is 11.9 Å². The first-order valence-electron chi connectivity index (χ1n) is 8.46. The minimum atomic E-state index is -0.000227. The number of benzene rings is 2. The second-order valence-corrected chi connectivity index (χ2v) is 6.54. The highest BCUT2D eigenvalue weighted by Crippen LogP contribution is 2.29. The molecule has 0 fully saturated rings. The molecule has 1 heterocycles. The number of methoxy groups -OCH3 is 1. The molecule has 5 nitrogen and oxygen atoms in total. The lowest BCUT2D eigenvalue weighted by Crippen LogP contribution is -2.20. The number of hydrogen-bond donors (Lipinski definition) is 1. The molecule has 3 rings (SSSR count). The van der Waals surface area contributed by atoms with Gasteiger partial charge in [0.2, 0.25) is 0 Å². The summed E-state index contributed by atoms with van der Waals surface area (Å²) in [5.41, 5.74) is 11.3. The van der Waals surface area contributed by atoms with Crippen molar-refractivity contribution in [3.63, 3.8) is 0 Å². The summed E-state index contributed by atoms with van der Waals surface area (Å²) in [6, 6.07) is 14.7. The molecule has 1 aliphatic heterocycles. The van der Waals surface area contributed by atoms with E-state index in [-0.39, 0.29) is 6.10 Å². The summed E-state index contributed by atoms with van der Waals surface area (Å²) in [7, 11) is 5.84. The van der Waals surface area contributed by atoms with Crippen LogP contribution in [0.5, 0.6) is 5.75 Å². The molecule has 0 aliphatic carbocycles. The normalized spacial score (nSPS) is 16.7. The molecular formula is C20H25N3O2. The molecular weight excluding hydrogens is 314 g/mol. The summed E-state index contributed by atoms with van der Waals surface area (Å²) in [6.45, 7) is 1.36. The summed E-state index contributed by atoms with van der Waals surface area (Å²) < 4.78 is 5.40. The highest BCUT2D eigenvalue weighted by Gasteiger charge is 2.20. The van der Waals surface area contributed by atoms with Crippen molar-refractivity contribution >= 4 is 5.71 Å². The number of ether oxygens (including phenoxy) is 1. The van der Waals surface area contributed by atoms with Gasteiger partial charge in [0, 0.05) is 19.5 Å². The Morgan fingerprint density at radius 2 is 1.88 bits per heavy atom. The van der Waals surface area contributed by atoms with Crippen LogP contribution in [0.3, 0.4) is 0 Å². The first-order valence-corrected chi connectivity index (χ1v) is 8.46. The van der Waals surface area contributed by atoms with Gasteiger partial charge >= 0.3 is 0 Å². The van der Waals surface area contributed by atoms with Gasteiger partial charge in [0.05, 0.1) is 12.8 Å². The number of hydrogen-bond acceptors (Lipinski definition) is 5. The number of oxime groups is 1. The third-order valence-electron chi connectivity index (χ3n) is 4.33. The van der Waals surface area contributed by atoms with Crippen molar-refractivity contribution in [2.24, 2.45) is 10.9 Å². The Hall–Kier alpha value is -2.37. The molecule has 132 valence electrons. The van der Waals surface area contributed by atoms with Gasteiger partial charge in [-0.05, 0) is 48.5 Å². The van der Waals surface area contributed by atoms with Crippen LogP contribution in [-0.2, 0) is 11.4 Å². The lowest BCUT2D eigenvalue weighted by atomic mass is 9.96. The lowest BCUT2D eigenvalue weighted by Gasteiger charge is -2.16. The van der Waals surface area contributed by atoms with Gasteiger partial charge in [-0.3, -0.25) is 0 Å². The third-order valence-corrected chi connectivity index (χ3v) is 4.33. The summed E-state index contributed by atoms with van der Waals surface area (Å²) in [5, 5.41) is 4.15. The molecule has 0 saturated heterocycles. The fourth-order valence-corrected chi connectivity index (χ4v) is 3.00. The molecule has 0 radical (unpaired) electrons. The van der Waals surface area contributed by atoms with E-state index >= 15 is 0 Å². The Balaban J connectivity index is 1.89. The average molecular weight is 339 g/mol. The standard InChI is InChI=1S/C20H25N3O2/c1-23(2)13-16-8-9-17(24-3)10-19(16)14-4-6-15(7-5-14)20-11-18(12-21)25-22-20/h4-10,18H,11-13,21H2,1-3H3. The molecule has 1 atom stereocenters. The predicted octanol–water partition coefficient (Wildman–Crippen LogP) is 2.88. The number of nitrogens with zero attached hydrogens (tertiary/aromatic N) is 2. The second kappa shape index (κ2) is 7.68. The molecule has 2 aromatic rings. The van der Waals surface area contributed by atoms with Gasteiger partial charge in [-0.2, -0.15) is 0 Å². The quantitative estimate of drug-likeness (QED) is 0.879. The Bertz CT molecular complexity index is 754. The first kappa shape index (κ1) is 17.5. The van der Waals surface area contributed by atoms with Gasteiger partial charge in [-0.25, -0.2) is 0 Å². The fraction of sp³-hybridized carbons (Fsp3) is 0.350. The maximum atomic E-state index is 5.64. The van der Waals surface area contributed by atoms with E-state index in [4.69, 9.17) is 15.3 Å². The van der Waals surface area contributed by atoms with E-state index in [0.717, 1.165) is 35.6 Å². The monoisotopic (exact) mass is 339 g/mol. The van der Waals surface area contributed by atoms with Gasteiger partial charge in [-0.15, -0.1) is 0 Å². The van der Waals surface area contributed by atoms with Gasteiger partial charge in [0.25, 0.3) is 0 Å². The molecule has 0 bridgehead atoms. The summed E-state index contributed by atoms with van der Waals surface area (Å²) >= 11 is 0. The Morgan fingerprint density at radius 1 is 1.16 bits per heavy atom. The molecule has 5 heteroatoms. The molecule has 0 aromatic heterocycles. The molecule has 2 N–H and O–H groups in total. The number of rotatable bonds is 6. The molecule has 25 heavy (non-hydrogen) atoms. The van der Waals surface area contributed by atoms with Crippen molar-refractivity contribution < 1.29 is 9.57 Å². The van der Waals surface area contributed by atoms with Crippen LogP contribution in [0, 0.1) is 0 Å². The molecule has 1 unspecified atom stereocenters. The molecule has 0 spiro atoms. The Kier molecular flexibility index (Phi) is 5.36. The van der Waals surface area contributed by atoms with Crippen molar-refractivity contribution in [1.82, 2.24) is 4.90 Å². The van der Waals surface area contributed by atoms with Crippen molar-refractivity contribution in [2.45, 2.75) is 19.1 Å². The van der Waals surface area contributed by atoms with E-state index < -0.39 is 0 Å². The van der Waals surface area contributed by atoms with Crippen molar-refractivity contribution in [2.75, 3.05) is 27.7 Å². The van der Waals surface area contributed by atoms with E-state index in [1.54, 1.807) is 7.11 Å². The summed E-state index contributed by atoms with van der Waals surface area (Å²) in [5.74, 6) is 0.862. The summed E-state index contributed by atoms with van der Waals surface area (Å²) in [4.78, 5) is 7.48. The van der Waals surface area contributed by atoms with Crippen LogP contribution in [0.1, 0.15) is 17.5 Å². The fourth-order valence-electron chi connectivity index (χ4n) is 3.00. The third kappa shape index (κ3) is 4.00. The van der Waals surface area contributed by atoms with E-state index in [1.165, 1.54) is 11.1 Å². The van der Waals surface area contributed by atoms with Crippen LogP contribution in [0.2, 0.25) is 0 Å². The van der Waals surface area contributed by atoms with Gasteiger partial charge < -0.3 is 20.2 Å². The highest BCUT2D eigenvalue weighted by molar-refractivity contribution is 6.01. The molecule has 0 saturated carbocycles. The van der Waals surface area contributed by atoms with E-state index in [2.05, 4.69) is 60.5 Å². The first-order chi connectivity index (χ1) is 12.1. The molecule has 2 aromatic carbocycles. The van der Waals surface area contributed by atoms with E-state index in [0.29, 0.717) is 6.54 Å².